The second-order valence-electron chi connectivity index (χ2n) is 6.62. The molecule has 2 heterocycles. The number of halogens is 1. The Bertz CT molecular complexity index is 702. The maximum atomic E-state index is 12.7. The van der Waals surface area contributed by atoms with Crippen LogP contribution in [0.2, 0.25) is 0 Å². The van der Waals surface area contributed by atoms with Gasteiger partial charge in [-0.15, -0.1) is 0 Å². The minimum Gasteiger partial charge on any atom is -0.348 e. The van der Waals surface area contributed by atoms with E-state index >= 15 is 0 Å². The Hall–Kier alpha value is -1.34. The third-order valence-electron chi connectivity index (χ3n) is 4.66. The molecule has 5 heteroatoms. The molecular weight excluding hydrogens is 413 g/mol. The predicted molar refractivity (Wildman–Crippen MR) is 106 cm³/mol. The van der Waals surface area contributed by atoms with E-state index in [-0.39, 0.29) is 11.9 Å². The number of amides is 1. The van der Waals surface area contributed by atoms with Crippen LogP contribution in [0, 0.1) is 3.57 Å². The number of nitrogens with one attached hydrogen (secondary N) is 1. The number of aromatic nitrogens is 1. The first kappa shape index (κ1) is 17.5. The normalized spacial score (nSPS) is 16.5. The number of carbonyl (C=O) groups excluding carboxylic acids is 1. The number of rotatable bonds is 4. The van der Waals surface area contributed by atoms with Crippen molar-refractivity contribution in [1.82, 2.24) is 14.8 Å². The average Bonchev–Trinajstić information content (AvgIpc) is 3.05. The molecular formula is C19H24IN3O. The summed E-state index contributed by atoms with van der Waals surface area (Å²) in [7, 11) is 0. The molecule has 0 unspecified atom stereocenters. The van der Waals surface area contributed by atoms with Crippen molar-refractivity contribution in [2.75, 3.05) is 13.1 Å². The molecule has 24 heavy (non-hydrogen) atoms. The van der Waals surface area contributed by atoms with Gasteiger partial charge in [-0.2, -0.15) is 0 Å². The summed E-state index contributed by atoms with van der Waals surface area (Å²) in [6.07, 6.45) is 3.99. The molecule has 1 aliphatic heterocycles. The van der Waals surface area contributed by atoms with Crippen LogP contribution < -0.4 is 5.32 Å². The third-order valence-corrected chi connectivity index (χ3v) is 5.33. The Labute approximate surface area is 157 Å². The van der Waals surface area contributed by atoms with Crippen LogP contribution >= 0.6 is 22.6 Å². The number of benzene rings is 1. The molecule has 1 N–H and O–H groups in total. The Balaban J connectivity index is 1.68. The van der Waals surface area contributed by atoms with Gasteiger partial charge >= 0.3 is 0 Å². The molecule has 0 radical (unpaired) electrons. The van der Waals surface area contributed by atoms with Crippen LogP contribution in [0.1, 0.15) is 37.2 Å². The van der Waals surface area contributed by atoms with Crippen molar-refractivity contribution in [1.29, 1.82) is 0 Å². The first-order chi connectivity index (χ1) is 11.5. The van der Waals surface area contributed by atoms with Crippen molar-refractivity contribution in [2.45, 2.75) is 38.8 Å². The minimum atomic E-state index is 0.0156. The highest BCUT2D eigenvalue weighted by atomic mass is 127. The van der Waals surface area contributed by atoms with Crippen molar-refractivity contribution in [2.24, 2.45) is 0 Å². The Kier molecular flexibility index (Phi) is 5.61. The van der Waals surface area contributed by atoms with Gasteiger partial charge in [0.25, 0.3) is 5.91 Å². The monoisotopic (exact) mass is 437 g/mol. The average molecular weight is 437 g/mol. The smallest absolute Gasteiger partial charge is 0.268 e. The number of carbonyl (C=O) groups is 1. The van der Waals surface area contributed by atoms with Gasteiger partial charge in [0.05, 0.1) is 0 Å². The van der Waals surface area contributed by atoms with Gasteiger partial charge in [0.1, 0.15) is 5.69 Å². The maximum Gasteiger partial charge on any atom is 0.268 e. The van der Waals surface area contributed by atoms with E-state index in [1.165, 1.54) is 0 Å². The van der Waals surface area contributed by atoms with E-state index < -0.39 is 0 Å². The Morgan fingerprint density at radius 1 is 1.21 bits per heavy atom. The zero-order valence-corrected chi connectivity index (χ0v) is 16.4. The molecule has 0 saturated carbocycles. The minimum absolute atomic E-state index is 0.0156. The van der Waals surface area contributed by atoms with Gasteiger partial charge in [0.2, 0.25) is 0 Å². The van der Waals surface area contributed by atoms with Crippen LogP contribution in [0.3, 0.4) is 0 Å². The molecule has 2 aromatic rings. The highest BCUT2D eigenvalue weighted by Gasteiger charge is 2.23. The molecule has 3 rings (SSSR count). The fourth-order valence-corrected chi connectivity index (χ4v) is 3.76. The quantitative estimate of drug-likeness (QED) is 0.742. The fourth-order valence-electron chi connectivity index (χ4n) is 3.24. The molecule has 1 aromatic heterocycles. The molecule has 1 fully saturated rings. The van der Waals surface area contributed by atoms with E-state index in [1.807, 2.05) is 35.0 Å². The van der Waals surface area contributed by atoms with Crippen molar-refractivity contribution in [3.63, 3.8) is 0 Å². The van der Waals surface area contributed by atoms with E-state index in [0.29, 0.717) is 11.7 Å². The summed E-state index contributed by atoms with van der Waals surface area (Å²) in [4.78, 5) is 15.2. The molecule has 128 valence electrons. The lowest BCUT2D eigenvalue weighted by Gasteiger charge is -2.34. The van der Waals surface area contributed by atoms with Gasteiger partial charge in [0, 0.05) is 40.6 Å². The van der Waals surface area contributed by atoms with E-state index in [4.69, 9.17) is 0 Å². The van der Waals surface area contributed by atoms with E-state index in [2.05, 4.69) is 58.8 Å². The summed E-state index contributed by atoms with van der Waals surface area (Å²) in [5.41, 5.74) is 1.72. The number of piperidine rings is 1. The molecule has 0 aliphatic carbocycles. The summed E-state index contributed by atoms with van der Waals surface area (Å²) >= 11 is 2.29. The Morgan fingerprint density at radius 2 is 1.96 bits per heavy atom. The van der Waals surface area contributed by atoms with Crippen LogP contribution in [0.4, 0.5) is 0 Å². The van der Waals surface area contributed by atoms with Gasteiger partial charge in [-0.05, 0) is 79.6 Å². The molecule has 0 atom stereocenters. The second kappa shape index (κ2) is 7.70. The molecule has 0 bridgehead atoms. The van der Waals surface area contributed by atoms with Gasteiger partial charge in [-0.25, -0.2) is 0 Å². The van der Waals surface area contributed by atoms with Crippen LogP contribution in [0.25, 0.3) is 5.69 Å². The lowest BCUT2D eigenvalue weighted by molar-refractivity contribution is 0.0894. The van der Waals surface area contributed by atoms with Crippen LogP contribution in [-0.2, 0) is 0 Å². The molecule has 0 spiro atoms. The van der Waals surface area contributed by atoms with Gasteiger partial charge in [-0.3, -0.25) is 4.79 Å². The largest absolute Gasteiger partial charge is 0.348 e. The summed E-state index contributed by atoms with van der Waals surface area (Å²) in [6.45, 7) is 6.57. The van der Waals surface area contributed by atoms with E-state index in [1.54, 1.807) is 0 Å². The topological polar surface area (TPSA) is 37.3 Å². The summed E-state index contributed by atoms with van der Waals surface area (Å²) in [5.74, 6) is 0.0156. The molecule has 4 nitrogen and oxygen atoms in total. The van der Waals surface area contributed by atoms with Crippen molar-refractivity contribution < 1.29 is 4.79 Å². The van der Waals surface area contributed by atoms with E-state index in [0.717, 1.165) is 35.2 Å². The lowest BCUT2D eigenvalue weighted by Crippen LogP contribution is -2.46. The Morgan fingerprint density at radius 3 is 2.62 bits per heavy atom. The number of hydrogen-bond acceptors (Lipinski definition) is 2. The number of hydrogen-bond donors (Lipinski definition) is 1. The standard InChI is InChI=1S/C19H24IN3O/c1-14(2)22-11-8-16(9-12-22)21-19(24)18-7-4-10-23(18)17-6-3-5-15(20)13-17/h3-7,10,13-14,16H,8-9,11-12H2,1-2H3,(H,21,24). The SMILES string of the molecule is CC(C)N1CCC(NC(=O)c2cccn2-c2cccc(I)c2)CC1. The van der Waals surface area contributed by atoms with Crippen LogP contribution in [0.15, 0.2) is 42.6 Å². The zero-order valence-electron chi connectivity index (χ0n) is 14.2. The summed E-state index contributed by atoms with van der Waals surface area (Å²) in [6, 6.07) is 12.8. The number of likely N-dealkylation sites (tertiary alicyclic amines) is 1. The van der Waals surface area contributed by atoms with E-state index in [9.17, 15) is 4.79 Å². The predicted octanol–water partition coefficient (Wildman–Crippen LogP) is 3.68. The molecule has 1 amide bonds. The van der Waals surface area contributed by atoms with Crippen LogP contribution in [-0.4, -0.2) is 40.5 Å². The van der Waals surface area contributed by atoms with Gasteiger partial charge in [-0.1, -0.05) is 6.07 Å². The first-order valence-electron chi connectivity index (χ1n) is 8.53. The lowest BCUT2D eigenvalue weighted by atomic mass is 10.0. The van der Waals surface area contributed by atoms with Gasteiger partial charge < -0.3 is 14.8 Å². The first-order valence-corrected chi connectivity index (χ1v) is 9.60. The van der Waals surface area contributed by atoms with Crippen molar-refractivity contribution in [3.05, 3.63) is 51.9 Å². The summed E-state index contributed by atoms with van der Waals surface area (Å²) in [5, 5.41) is 3.22. The number of nitrogens with zero attached hydrogens (tertiary/aromatic N) is 2. The van der Waals surface area contributed by atoms with Crippen molar-refractivity contribution in [3.8, 4) is 5.69 Å². The maximum absolute atomic E-state index is 12.7. The van der Waals surface area contributed by atoms with Crippen LogP contribution in [0.5, 0.6) is 0 Å². The summed E-state index contributed by atoms with van der Waals surface area (Å²) < 4.78 is 3.12. The highest BCUT2D eigenvalue weighted by Crippen LogP contribution is 2.17. The molecule has 1 aliphatic rings. The molecule has 1 saturated heterocycles. The third kappa shape index (κ3) is 4.00. The molecule has 1 aromatic carbocycles. The van der Waals surface area contributed by atoms with Gasteiger partial charge in [0.15, 0.2) is 0 Å². The second-order valence-corrected chi connectivity index (χ2v) is 7.87. The fraction of sp³-hybridized carbons (Fsp3) is 0.421. The zero-order chi connectivity index (χ0) is 17.1. The van der Waals surface area contributed by atoms with Crippen molar-refractivity contribution >= 4 is 28.5 Å². The highest BCUT2D eigenvalue weighted by molar-refractivity contribution is 14.1.